The third-order valence-electron chi connectivity index (χ3n) is 21.4. The molecule has 22 nitrogen and oxygen atoms in total. The topological polar surface area (TPSA) is 325 Å². The van der Waals surface area contributed by atoms with Crippen LogP contribution in [-0.4, -0.2) is 122 Å². The molecule has 6 aliphatic heterocycles. The van der Waals surface area contributed by atoms with Crippen LogP contribution in [0.4, 0.5) is 0 Å². The number of ketones is 2. The van der Waals surface area contributed by atoms with Gasteiger partial charge in [-0.1, -0.05) is 55.4 Å². The molecule has 2 aromatic carbocycles. The smallest absolute Gasteiger partial charge is 0.318 e. The van der Waals surface area contributed by atoms with E-state index in [9.17, 15) is 64.3 Å². The normalized spacial score (nSPS) is 38.7. The quantitative estimate of drug-likeness (QED) is 0.0909. The van der Waals surface area contributed by atoms with E-state index >= 15 is 0 Å². The average molecular weight is 1230 g/mol. The minimum Gasteiger partial charge on any atom is -0.744 e. The first-order valence-corrected chi connectivity index (χ1v) is 33.1. The van der Waals surface area contributed by atoms with Crippen molar-refractivity contribution in [2.75, 3.05) is 0 Å². The maximum atomic E-state index is 13.9. The number of ether oxygens (including phenoxy) is 8. The van der Waals surface area contributed by atoms with Crippen molar-refractivity contribution in [2.45, 2.75) is 202 Å². The van der Waals surface area contributed by atoms with Gasteiger partial charge in [0.05, 0.1) is 20.6 Å². The molecule has 12 bridgehead atoms. The van der Waals surface area contributed by atoms with E-state index in [-0.39, 0.29) is 86.4 Å². The molecule has 0 N–H and O–H groups in total. The first-order valence-electron chi connectivity index (χ1n) is 30.3. The highest BCUT2D eigenvalue weighted by molar-refractivity contribution is 7.86. The summed E-state index contributed by atoms with van der Waals surface area (Å²) in [6.45, 7) is 14.1. The Morgan fingerprint density at radius 3 is 1.22 bits per heavy atom. The maximum Gasteiger partial charge on any atom is 0.318 e. The molecule has 0 amide bonds. The van der Waals surface area contributed by atoms with Gasteiger partial charge in [0.15, 0.2) is 24.4 Å². The Bertz CT molecular complexity index is 3450. The summed E-state index contributed by atoms with van der Waals surface area (Å²) in [5.74, 6) is -8.30. The number of Topliss-reactive ketones (excluding diaryl/α,β-unsaturated/α-hetero) is 2. The lowest BCUT2D eigenvalue weighted by Crippen LogP contribution is -2.56. The van der Waals surface area contributed by atoms with Gasteiger partial charge in [-0.25, -0.2) is 16.8 Å². The van der Waals surface area contributed by atoms with Gasteiger partial charge >= 0.3 is 35.8 Å². The third kappa shape index (κ3) is 9.31. The molecule has 14 fully saturated rings. The highest BCUT2D eigenvalue weighted by atomic mass is 32.2. The van der Waals surface area contributed by atoms with Gasteiger partial charge in [-0.05, 0) is 146 Å². The fourth-order valence-electron chi connectivity index (χ4n) is 17.9. The SMILES string of the molecule is CC(C)c1cc(OC(=O)C2C3OC4C(OC(=O)C42)C3OC(=O)C23CC4CC(C2)C(=O)C(C4)C3)cc(C(C)C)c1S(=O)(=O)[O-].CC(C)c1cc(S(=O)(=O)[O-])cc(C(C)C)c1OC(=O)C1C2OC3C(OC(=O)C31)C2OC(=O)C12CC3CC(C1)C(=O)C(C3)C2. The van der Waals surface area contributed by atoms with Crippen LogP contribution in [0.25, 0.3) is 0 Å². The highest BCUT2D eigenvalue weighted by Gasteiger charge is 2.74. The van der Waals surface area contributed by atoms with Crippen molar-refractivity contribution in [3.8, 4) is 11.5 Å². The molecule has 8 aliphatic carbocycles. The molecule has 16 atom stereocenters. The first kappa shape index (κ1) is 59.3. The summed E-state index contributed by atoms with van der Waals surface area (Å²) in [5, 5.41) is 0. The zero-order valence-corrected chi connectivity index (χ0v) is 50.5. The number of esters is 6. The average Bonchev–Trinajstić information content (AvgIpc) is 1.76. The lowest BCUT2D eigenvalue weighted by molar-refractivity contribution is -0.187. The van der Waals surface area contributed by atoms with Crippen LogP contribution in [0, 0.1) is 70.0 Å². The van der Waals surface area contributed by atoms with E-state index in [1.54, 1.807) is 55.4 Å². The standard InChI is InChI=1S/2C31H36O11S/c1-12(2)18-7-17(8-19(13(3)4)27(18)43(36,37)38)39-28(33)20-21-23-25(41-29(21)34)26(24(20)40-23)42-30(35)31-9-14-5-15(10-31)22(32)16(6-14)11-31;1-12(2)18-7-17(43(36,37)38)8-19(13(3)4)23(18)40-28(33)21-20-24-26(41-29(20)34)27(25(21)39-24)42-30(35)31-9-14-5-15(10-31)22(32)16(6-14)11-31/h7-8,12-16,20-21,23-26H,5-6,9-11H2,1-4H3,(H,36,37,38);7-8,12-16,20-21,24-27H,5-6,9-11H2,1-4H3,(H,36,37,38)/p-2. The van der Waals surface area contributed by atoms with Gasteiger partial charge in [0.1, 0.15) is 91.4 Å². The predicted octanol–water partition coefficient (Wildman–Crippen LogP) is 5.98. The Morgan fingerprint density at radius 1 is 0.500 bits per heavy atom. The minimum atomic E-state index is -4.81. The Kier molecular flexibility index (Phi) is 14.1. The number of rotatable bonds is 14. The molecule has 14 aliphatic rings. The predicted molar refractivity (Wildman–Crippen MR) is 289 cm³/mol. The summed E-state index contributed by atoms with van der Waals surface area (Å²) in [5.41, 5.74) is -0.321. The molecule has 16 unspecified atom stereocenters. The van der Waals surface area contributed by atoms with Crippen LogP contribution in [-0.2, 0) is 87.0 Å². The molecule has 0 radical (unpaired) electrons. The van der Waals surface area contributed by atoms with Gasteiger partial charge in [0, 0.05) is 23.7 Å². The van der Waals surface area contributed by atoms with Gasteiger partial charge in [-0.2, -0.15) is 0 Å². The Morgan fingerprint density at radius 2 is 0.872 bits per heavy atom. The molecule has 8 saturated carbocycles. The van der Waals surface area contributed by atoms with Gasteiger partial charge in [0.25, 0.3) is 0 Å². The van der Waals surface area contributed by atoms with Crippen molar-refractivity contribution in [1.29, 1.82) is 0 Å². The zero-order valence-electron chi connectivity index (χ0n) is 48.9. The monoisotopic (exact) mass is 1230 g/mol. The van der Waals surface area contributed by atoms with Gasteiger partial charge < -0.3 is 47.0 Å². The number of hydrogen-bond acceptors (Lipinski definition) is 22. The molecule has 0 spiro atoms. The number of fused-ring (bicyclic) bond motifs is 2. The summed E-state index contributed by atoms with van der Waals surface area (Å²) in [6, 6.07) is 5.18. The van der Waals surface area contributed by atoms with Crippen molar-refractivity contribution < 1.29 is 102 Å². The Labute approximate surface area is 497 Å². The van der Waals surface area contributed by atoms with Gasteiger partial charge in [-0.3, -0.25) is 38.4 Å². The van der Waals surface area contributed by atoms with Crippen LogP contribution in [0.1, 0.15) is 166 Å². The Balaban J connectivity index is 0.000000160. The molecule has 6 saturated heterocycles. The molecule has 464 valence electrons. The van der Waals surface area contributed by atoms with Crippen LogP contribution >= 0.6 is 0 Å². The highest BCUT2D eigenvalue weighted by Crippen LogP contribution is 2.62. The van der Waals surface area contributed by atoms with E-state index in [4.69, 9.17) is 37.9 Å². The summed E-state index contributed by atoms with van der Waals surface area (Å²) < 4.78 is 119. The lowest BCUT2D eigenvalue weighted by Gasteiger charge is -2.54. The van der Waals surface area contributed by atoms with E-state index in [2.05, 4.69) is 0 Å². The van der Waals surface area contributed by atoms with Crippen LogP contribution < -0.4 is 9.47 Å². The third-order valence-corrected chi connectivity index (χ3v) is 23.2. The van der Waals surface area contributed by atoms with Crippen molar-refractivity contribution in [2.24, 2.45) is 70.0 Å². The molecule has 2 aromatic rings. The number of benzene rings is 2. The van der Waals surface area contributed by atoms with Gasteiger partial charge in [0.2, 0.25) is 0 Å². The second-order valence-electron chi connectivity index (χ2n) is 28.1. The lowest BCUT2D eigenvalue weighted by atomic mass is 9.49. The Hall–Kier alpha value is -5.66. The van der Waals surface area contributed by atoms with Crippen LogP contribution in [0.3, 0.4) is 0 Å². The van der Waals surface area contributed by atoms with Crippen molar-refractivity contribution in [3.05, 3.63) is 46.5 Å². The van der Waals surface area contributed by atoms with Crippen molar-refractivity contribution in [1.82, 2.24) is 0 Å². The van der Waals surface area contributed by atoms with Crippen LogP contribution in [0.5, 0.6) is 11.5 Å². The van der Waals surface area contributed by atoms with E-state index in [1.807, 2.05) is 0 Å². The van der Waals surface area contributed by atoms with Crippen molar-refractivity contribution >= 4 is 67.6 Å². The summed E-state index contributed by atoms with van der Waals surface area (Å²) in [6.07, 6.45) is -0.679. The largest absolute Gasteiger partial charge is 0.744 e. The maximum absolute atomic E-state index is 13.9. The summed E-state index contributed by atoms with van der Waals surface area (Å²) in [4.78, 5) is 106. The summed E-state index contributed by atoms with van der Waals surface area (Å²) in [7, 11) is -9.59. The van der Waals surface area contributed by atoms with E-state index < -0.39 is 144 Å². The van der Waals surface area contributed by atoms with Crippen LogP contribution in [0.15, 0.2) is 34.1 Å². The van der Waals surface area contributed by atoms with Crippen molar-refractivity contribution in [3.63, 3.8) is 0 Å². The number of hydrogen-bond donors (Lipinski definition) is 0. The number of carbonyl (C=O) groups excluding carboxylic acids is 8. The number of carbonyl (C=O) groups is 8. The van der Waals surface area contributed by atoms with Crippen LogP contribution in [0.2, 0.25) is 0 Å². The summed E-state index contributed by atoms with van der Waals surface area (Å²) >= 11 is 0. The molecular weight excluding hydrogens is 1160 g/mol. The first-order chi connectivity index (χ1) is 40.4. The molecule has 16 rings (SSSR count). The van der Waals surface area contributed by atoms with E-state index in [0.29, 0.717) is 61.5 Å². The molecule has 86 heavy (non-hydrogen) atoms. The molecular formula is C62H70O22S2-2. The second-order valence-corrected chi connectivity index (χ2v) is 30.8. The minimum absolute atomic E-state index is 0.0438. The second kappa shape index (κ2) is 20.4. The molecule has 0 aromatic heterocycles. The van der Waals surface area contributed by atoms with E-state index in [1.165, 1.54) is 24.3 Å². The van der Waals surface area contributed by atoms with Gasteiger partial charge in [-0.15, -0.1) is 0 Å². The molecule has 24 heteroatoms. The molecule has 6 heterocycles. The fourth-order valence-corrected chi connectivity index (χ4v) is 19.6. The van der Waals surface area contributed by atoms with E-state index in [0.717, 1.165) is 25.7 Å². The fraction of sp³-hybridized carbons (Fsp3) is 0.677. The zero-order chi connectivity index (χ0) is 61.5.